The summed E-state index contributed by atoms with van der Waals surface area (Å²) in [6.07, 6.45) is 4.98. The van der Waals surface area contributed by atoms with Crippen molar-refractivity contribution in [3.8, 4) is 0 Å². The maximum absolute atomic E-state index is 11.9. The van der Waals surface area contributed by atoms with Crippen molar-refractivity contribution < 1.29 is 4.79 Å². The van der Waals surface area contributed by atoms with Gasteiger partial charge in [-0.05, 0) is 29.8 Å². The molecule has 4 nitrogen and oxygen atoms in total. The van der Waals surface area contributed by atoms with Crippen LogP contribution in [0.4, 0.5) is 0 Å². The highest BCUT2D eigenvalue weighted by Crippen LogP contribution is 2.12. The molecule has 0 spiro atoms. The van der Waals surface area contributed by atoms with E-state index in [-0.39, 0.29) is 5.91 Å². The fraction of sp³-hybridized carbons (Fsp3) is 0.0625. The Balaban J connectivity index is 1.72. The first kappa shape index (κ1) is 12.3. The number of para-hydroxylation sites is 1. The third kappa shape index (κ3) is 2.64. The van der Waals surface area contributed by atoms with Crippen LogP contribution < -0.4 is 5.32 Å². The molecule has 0 bridgehead atoms. The first-order valence-corrected chi connectivity index (χ1v) is 6.35. The molecule has 0 unspecified atom stereocenters. The highest BCUT2D eigenvalue weighted by Gasteiger charge is 2.05. The summed E-state index contributed by atoms with van der Waals surface area (Å²) in [6.45, 7) is 0.450. The number of aromatic nitrogens is 2. The summed E-state index contributed by atoms with van der Waals surface area (Å²) < 4.78 is 0. The van der Waals surface area contributed by atoms with Crippen LogP contribution in [-0.4, -0.2) is 15.9 Å². The van der Waals surface area contributed by atoms with Crippen molar-refractivity contribution in [1.29, 1.82) is 0 Å². The van der Waals surface area contributed by atoms with Gasteiger partial charge in [0.2, 0.25) is 0 Å². The molecule has 0 radical (unpaired) electrons. The first-order chi connectivity index (χ1) is 9.83. The van der Waals surface area contributed by atoms with Gasteiger partial charge in [-0.1, -0.05) is 18.2 Å². The van der Waals surface area contributed by atoms with E-state index in [1.165, 1.54) is 0 Å². The molecular formula is C16H13N3O. The Morgan fingerprint density at radius 1 is 1.10 bits per heavy atom. The lowest BCUT2D eigenvalue weighted by atomic mass is 10.1. The molecule has 1 aromatic carbocycles. The van der Waals surface area contributed by atoms with Gasteiger partial charge >= 0.3 is 0 Å². The normalized spacial score (nSPS) is 10.4. The number of amides is 1. The minimum Gasteiger partial charge on any atom is -0.348 e. The molecule has 20 heavy (non-hydrogen) atoms. The van der Waals surface area contributed by atoms with Gasteiger partial charge in [0, 0.05) is 30.5 Å². The summed E-state index contributed by atoms with van der Waals surface area (Å²) in [7, 11) is 0. The molecule has 98 valence electrons. The molecule has 0 aliphatic heterocycles. The number of rotatable bonds is 3. The molecule has 0 saturated heterocycles. The second-order valence-electron chi connectivity index (χ2n) is 4.46. The van der Waals surface area contributed by atoms with Gasteiger partial charge in [-0.25, -0.2) is 0 Å². The summed E-state index contributed by atoms with van der Waals surface area (Å²) in [5.41, 5.74) is 2.48. The van der Waals surface area contributed by atoms with Crippen LogP contribution in [0.5, 0.6) is 0 Å². The zero-order valence-corrected chi connectivity index (χ0v) is 10.8. The summed E-state index contributed by atoms with van der Waals surface area (Å²) in [5.74, 6) is -0.133. The number of carbonyl (C=O) groups is 1. The Labute approximate surface area is 116 Å². The number of carbonyl (C=O) groups excluding carboxylic acids is 1. The number of nitrogens with one attached hydrogen (secondary N) is 1. The van der Waals surface area contributed by atoms with Crippen LogP contribution in [0.25, 0.3) is 10.9 Å². The largest absolute Gasteiger partial charge is 0.348 e. The molecule has 0 saturated carbocycles. The van der Waals surface area contributed by atoms with E-state index in [1.807, 2.05) is 30.3 Å². The summed E-state index contributed by atoms with van der Waals surface area (Å²) in [4.78, 5) is 20.2. The molecular weight excluding hydrogens is 250 g/mol. The van der Waals surface area contributed by atoms with E-state index in [0.717, 1.165) is 16.5 Å². The Morgan fingerprint density at radius 3 is 2.85 bits per heavy atom. The second kappa shape index (κ2) is 5.48. The van der Waals surface area contributed by atoms with E-state index in [9.17, 15) is 4.79 Å². The van der Waals surface area contributed by atoms with E-state index in [0.29, 0.717) is 12.1 Å². The SMILES string of the molecule is O=C(NCc1cnc2ccccc2c1)c1cccnc1. The maximum Gasteiger partial charge on any atom is 0.253 e. The average molecular weight is 263 g/mol. The van der Waals surface area contributed by atoms with Gasteiger partial charge in [0.25, 0.3) is 5.91 Å². The second-order valence-corrected chi connectivity index (χ2v) is 4.46. The van der Waals surface area contributed by atoms with Crippen LogP contribution in [0.3, 0.4) is 0 Å². The van der Waals surface area contributed by atoms with Crippen LogP contribution in [0.15, 0.2) is 61.1 Å². The highest BCUT2D eigenvalue weighted by atomic mass is 16.1. The Hall–Kier alpha value is -2.75. The Morgan fingerprint density at radius 2 is 2.00 bits per heavy atom. The number of pyridine rings is 2. The van der Waals surface area contributed by atoms with Crippen LogP contribution in [0, 0.1) is 0 Å². The first-order valence-electron chi connectivity index (χ1n) is 6.35. The summed E-state index contributed by atoms with van der Waals surface area (Å²) in [5, 5.41) is 3.93. The molecule has 3 rings (SSSR count). The summed E-state index contributed by atoms with van der Waals surface area (Å²) in [6, 6.07) is 13.4. The highest BCUT2D eigenvalue weighted by molar-refractivity contribution is 5.93. The fourth-order valence-electron chi connectivity index (χ4n) is 1.99. The molecule has 0 aliphatic rings. The number of hydrogen-bond donors (Lipinski definition) is 1. The predicted octanol–water partition coefficient (Wildman–Crippen LogP) is 2.56. The molecule has 0 atom stereocenters. The zero-order valence-electron chi connectivity index (χ0n) is 10.8. The van der Waals surface area contributed by atoms with Gasteiger partial charge in [-0.2, -0.15) is 0 Å². The van der Waals surface area contributed by atoms with Crippen LogP contribution >= 0.6 is 0 Å². The Bertz CT molecular complexity index is 741. The van der Waals surface area contributed by atoms with E-state index in [2.05, 4.69) is 15.3 Å². The lowest BCUT2D eigenvalue weighted by Crippen LogP contribution is -2.22. The van der Waals surface area contributed by atoms with Gasteiger partial charge in [0.15, 0.2) is 0 Å². The lowest BCUT2D eigenvalue weighted by molar-refractivity contribution is 0.0950. The topological polar surface area (TPSA) is 54.9 Å². The van der Waals surface area contributed by atoms with Crippen LogP contribution in [0.2, 0.25) is 0 Å². The van der Waals surface area contributed by atoms with Crippen LogP contribution in [-0.2, 0) is 6.54 Å². The van der Waals surface area contributed by atoms with Crippen molar-refractivity contribution in [1.82, 2.24) is 15.3 Å². The predicted molar refractivity (Wildman–Crippen MR) is 77.2 cm³/mol. The van der Waals surface area contributed by atoms with E-state index < -0.39 is 0 Å². The van der Waals surface area contributed by atoms with Gasteiger partial charge in [0.05, 0.1) is 11.1 Å². The standard InChI is InChI=1S/C16H13N3O/c20-16(14-5-3-7-17-11-14)19-10-12-8-13-4-1-2-6-15(13)18-9-12/h1-9,11H,10H2,(H,19,20). The third-order valence-corrected chi connectivity index (χ3v) is 3.02. The molecule has 0 aliphatic carbocycles. The van der Waals surface area contributed by atoms with Gasteiger partial charge in [-0.3, -0.25) is 14.8 Å². The molecule has 1 amide bonds. The molecule has 4 heteroatoms. The van der Waals surface area contributed by atoms with Crippen LogP contribution in [0.1, 0.15) is 15.9 Å². The molecule has 2 heterocycles. The van der Waals surface area contributed by atoms with Gasteiger partial charge in [-0.15, -0.1) is 0 Å². The summed E-state index contributed by atoms with van der Waals surface area (Å²) >= 11 is 0. The molecule has 0 fully saturated rings. The van der Waals surface area contributed by atoms with Gasteiger partial charge < -0.3 is 5.32 Å². The van der Waals surface area contributed by atoms with Crippen molar-refractivity contribution >= 4 is 16.8 Å². The van der Waals surface area contributed by atoms with Crippen molar-refractivity contribution in [2.45, 2.75) is 6.54 Å². The monoisotopic (exact) mass is 263 g/mol. The zero-order chi connectivity index (χ0) is 13.8. The van der Waals surface area contributed by atoms with Crippen molar-refractivity contribution in [2.24, 2.45) is 0 Å². The number of benzene rings is 1. The molecule has 2 aromatic heterocycles. The molecule has 1 N–H and O–H groups in total. The van der Waals surface area contributed by atoms with Gasteiger partial charge in [0.1, 0.15) is 0 Å². The molecule has 3 aromatic rings. The third-order valence-electron chi connectivity index (χ3n) is 3.02. The maximum atomic E-state index is 11.9. The fourth-order valence-corrected chi connectivity index (χ4v) is 1.99. The minimum absolute atomic E-state index is 0.133. The van der Waals surface area contributed by atoms with Crippen molar-refractivity contribution in [2.75, 3.05) is 0 Å². The van der Waals surface area contributed by atoms with Crippen molar-refractivity contribution in [3.05, 3.63) is 72.2 Å². The minimum atomic E-state index is -0.133. The average Bonchev–Trinajstić information content (AvgIpc) is 2.53. The quantitative estimate of drug-likeness (QED) is 0.790. The number of hydrogen-bond acceptors (Lipinski definition) is 3. The van der Waals surface area contributed by atoms with E-state index >= 15 is 0 Å². The number of fused-ring (bicyclic) bond motifs is 1. The Kier molecular flexibility index (Phi) is 3.37. The lowest BCUT2D eigenvalue weighted by Gasteiger charge is -2.06. The van der Waals surface area contributed by atoms with E-state index in [1.54, 1.807) is 30.7 Å². The smallest absolute Gasteiger partial charge is 0.253 e. The van der Waals surface area contributed by atoms with Crippen molar-refractivity contribution in [3.63, 3.8) is 0 Å². The van der Waals surface area contributed by atoms with E-state index in [4.69, 9.17) is 0 Å². The number of nitrogens with zero attached hydrogens (tertiary/aromatic N) is 2.